The molecule has 0 radical (unpaired) electrons. The Balaban J connectivity index is 2.45. The quantitative estimate of drug-likeness (QED) is 0.144. The molecule has 0 heterocycles. The lowest BCUT2D eigenvalue weighted by Crippen LogP contribution is -2.46. The third kappa shape index (κ3) is 12.1. The summed E-state index contributed by atoms with van der Waals surface area (Å²) in [5.74, 6) is -3.91. The topological polar surface area (TPSA) is 182 Å². The minimum atomic E-state index is -1.35. The summed E-state index contributed by atoms with van der Waals surface area (Å²) in [4.78, 5) is 56.8. The smallest absolute Gasteiger partial charge is 0.326 e. The molecule has 0 saturated heterocycles. The highest BCUT2D eigenvalue weighted by Gasteiger charge is 2.21. The van der Waals surface area contributed by atoms with Crippen molar-refractivity contribution in [3.63, 3.8) is 0 Å². The van der Waals surface area contributed by atoms with E-state index in [1.54, 1.807) is 0 Å². The van der Waals surface area contributed by atoms with Crippen molar-refractivity contribution in [1.29, 1.82) is 0 Å². The van der Waals surface area contributed by atoms with Gasteiger partial charge in [-0.3, -0.25) is 14.4 Å². The second-order valence-corrected chi connectivity index (χ2v) is 8.28. The van der Waals surface area contributed by atoms with Crippen LogP contribution in [0.2, 0.25) is 0 Å². The van der Waals surface area contributed by atoms with Gasteiger partial charge in [0.1, 0.15) is 6.04 Å². The zero-order valence-electron chi connectivity index (χ0n) is 17.2. The third-order valence-electron chi connectivity index (χ3n) is 4.33. The summed E-state index contributed by atoms with van der Waals surface area (Å²) in [6.07, 6.45) is -0.211. The van der Waals surface area contributed by atoms with E-state index < -0.39 is 42.4 Å². The number of benzene rings is 1. The Morgan fingerprint density at radius 1 is 0.906 bits per heavy atom. The molecule has 0 spiro atoms. The molecule has 2 atom stereocenters. The second-order valence-electron chi connectivity index (χ2n) is 7.03. The Morgan fingerprint density at radius 3 is 2.12 bits per heavy atom. The molecule has 0 aliphatic rings. The lowest BCUT2D eigenvalue weighted by molar-refractivity contribution is -0.141. The van der Waals surface area contributed by atoms with E-state index in [0.717, 1.165) is 9.13 Å². The van der Waals surface area contributed by atoms with Gasteiger partial charge in [-0.25, -0.2) is 9.59 Å². The fourth-order valence-electron chi connectivity index (χ4n) is 2.79. The SMILES string of the molecule is O=C(O)CC[C@H](NC(=O)NCCC[C@@H](CC(=O)O)NC(=O)Cc1ccc(I)cc1)C(=O)O. The van der Waals surface area contributed by atoms with Gasteiger partial charge in [0.25, 0.3) is 0 Å². The second kappa shape index (κ2) is 14.2. The predicted molar refractivity (Wildman–Crippen MR) is 121 cm³/mol. The first-order valence-corrected chi connectivity index (χ1v) is 10.9. The fraction of sp³-hybridized carbons (Fsp3) is 0.450. The first kappa shape index (κ1) is 27.1. The first-order valence-electron chi connectivity index (χ1n) is 9.81. The standard InChI is InChI=1S/C20H26IN3O8/c21-13-5-3-12(4-6-13)10-16(25)23-14(11-18(28)29)2-1-9-22-20(32)24-15(19(30)31)7-8-17(26)27/h3-6,14-15H,1-2,7-11H2,(H,23,25)(H,26,27)(H,28,29)(H,30,31)(H2,22,24,32)/t14-,15-/m0/s1. The first-order chi connectivity index (χ1) is 15.1. The van der Waals surface area contributed by atoms with Gasteiger partial charge in [0.2, 0.25) is 5.91 Å². The van der Waals surface area contributed by atoms with Gasteiger partial charge in [-0.15, -0.1) is 0 Å². The molecule has 3 amide bonds. The number of hydrogen-bond donors (Lipinski definition) is 6. The normalized spacial score (nSPS) is 12.3. The molecule has 12 heteroatoms. The van der Waals surface area contributed by atoms with Gasteiger partial charge in [0.05, 0.1) is 12.8 Å². The van der Waals surface area contributed by atoms with Gasteiger partial charge in [0.15, 0.2) is 0 Å². The number of nitrogens with one attached hydrogen (secondary N) is 3. The molecule has 6 N–H and O–H groups in total. The largest absolute Gasteiger partial charge is 0.481 e. The van der Waals surface area contributed by atoms with Crippen LogP contribution in [0.3, 0.4) is 0 Å². The number of carbonyl (C=O) groups is 5. The highest BCUT2D eigenvalue weighted by molar-refractivity contribution is 14.1. The number of urea groups is 1. The predicted octanol–water partition coefficient (Wildman–Crippen LogP) is 1.19. The van der Waals surface area contributed by atoms with E-state index in [-0.39, 0.29) is 38.1 Å². The molecule has 0 bridgehead atoms. The van der Waals surface area contributed by atoms with Crippen molar-refractivity contribution >= 4 is 52.4 Å². The average molecular weight is 563 g/mol. The van der Waals surface area contributed by atoms with E-state index in [0.29, 0.717) is 6.42 Å². The highest BCUT2D eigenvalue weighted by atomic mass is 127. The molecule has 1 aromatic carbocycles. The van der Waals surface area contributed by atoms with E-state index in [4.69, 9.17) is 15.3 Å². The lowest BCUT2D eigenvalue weighted by atomic mass is 10.1. The van der Waals surface area contributed by atoms with Crippen LogP contribution in [0.5, 0.6) is 0 Å². The molecule has 32 heavy (non-hydrogen) atoms. The molecule has 11 nitrogen and oxygen atoms in total. The number of carboxylic acids is 3. The van der Waals surface area contributed by atoms with E-state index in [1.807, 2.05) is 24.3 Å². The van der Waals surface area contributed by atoms with Crippen LogP contribution < -0.4 is 16.0 Å². The van der Waals surface area contributed by atoms with E-state index in [9.17, 15) is 24.0 Å². The van der Waals surface area contributed by atoms with Gasteiger partial charge < -0.3 is 31.3 Å². The maximum atomic E-state index is 12.2. The fourth-order valence-corrected chi connectivity index (χ4v) is 3.15. The van der Waals surface area contributed by atoms with Crippen LogP contribution in [0.15, 0.2) is 24.3 Å². The summed E-state index contributed by atoms with van der Waals surface area (Å²) in [5, 5.41) is 34.0. The number of amides is 3. The highest BCUT2D eigenvalue weighted by Crippen LogP contribution is 2.08. The molecular formula is C20H26IN3O8. The number of aliphatic carboxylic acids is 3. The Bertz CT molecular complexity index is 816. The summed E-state index contributed by atoms with van der Waals surface area (Å²) < 4.78 is 1.03. The summed E-state index contributed by atoms with van der Waals surface area (Å²) >= 11 is 2.15. The van der Waals surface area contributed by atoms with E-state index in [1.165, 1.54) is 0 Å². The van der Waals surface area contributed by atoms with Crippen LogP contribution in [-0.2, 0) is 25.6 Å². The number of carboxylic acid groups (broad SMARTS) is 3. The molecular weight excluding hydrogens is 537 g/mol. The Labute approximate surface area is 198 Å². The molecule has 1 rings (SSSR count). The zero-order chi connectivity index (χ0) is 24.1. The van der Waals surface area contributed by atoms with Crippen LogP contribution in [0.25, 0.3) is 0 Å². The number of halogens is 1. The third-order valence-corrected chi connectivity index (χ3v) is 5.05. The van der Waals surface area contributed by atoms with Crippen LogP contribution in [0.1, 0.15) is 37.7 Å². The molecule has 0 aliphatic carbocycles. The monoisotopic (exact) mass is 563 g/mol. The Morgan fingerprint density at radius 2 is 1.56 bits per heavy atom. The maximum Gasteiger partial charge on any atom is 0.326 e. The summed E-state index contributed by atoms with van der Waals surface area (Å²) in [6, 6.07) is 4.62. The van der Waals surface area contributed by atoms with Crippen molar-refractivity contribution in [2.45, 2.75) is 50.6 Å². The van der Waals surface area contributed by atoms with Crippen molar-refractivity contribution < 1.29 is 39.3 Å². The maximum absolute atomic E-state index is 12.2. The minimum Gasteiger partial charge on any atom is -0.481 e. The van der Waals surface area contributed by atoms with E-state index >= 15 is 0 Å². The molecule has 0 aliphatic heterocycles. The molecule has 0 saturated carbocycles. The van der Waals surface area contributed by atoms with Gasteiger partial charge in [-0.1, -0.05) is 12.1 Å². The number of carbonyl (C=O) groups excluding carboxylic acids is 2. The Kier molecular flexibility index (Phi) is 12.1. The van der Waals surface area contributed by atoms with Crippen LogP contribution in [0, 0.1) is 3.57 Å². The van der Waals surface area contributed by atoms with Gasteiger partial charge in [-0.2, -0.15) is 0 Å². The molecule has 0 aromatic heterocycles. The van der Waals surface area contributed by atoms with Crippen molar-refractivity contribution in [3.8, 4) is 0 Å². The Hall–Kier alpha value is -2.90. The molecule has 1 aromatic rings. The summed E-state index contributed by atoms with van der Waals surface area (Å²) in [7, 11) is 0. The van der Waals surface area contributed by atoms with Gasteiger partial charge in [-0.05, 0) is 59.5 Å². The van der Waals surface area contributed by atoms with Gasteiger partial charge >= 0.3 is 23.9 Å². The minimum absolute atomic E-state index is 0.111. The van der Waals surface area contributed by atoms with Crippen LogP contribution in [-0.4, -0.2) is 63.8 Å². The van der Waals surface area contributed by atoms with Crippen molar-refractivity contribution in [1.82, 2.24) is 16.0 Å². The molecule has 0 fully saturated rings. The van der Waals surface area contributed by atoms with Crippen LogP contribution >= 0.6 is 22.6 Å². The molecule has 176 valence electrons. The van der Waals surface area contributed by atoms with Crippen molar-refractivity contribution in [3.05, 3.63) is 33.4 Å². The number of rotatable bonds is 14. The van der Waals surface area contributed by atoms with Crippen molar-refractivity contribution in [2.75, 3.05) is 6.54 Å². The van der Waals surface area contributed by atoms with Gasteiger partial charge in [0, 0.05) is 22.6 Å². The van der Waals surface area contributed by atoms with E-state index in [2.05, 4.69) is 38.5 Å². The van der Waals surface area contributed by atoms with Crippen molar-refractivity contribution in [2.24, 2.45) is 0 Å². The average Bonchev–Trinajstić information content (AvgIpc) is 2.69. The zero-order valence-corrected chi connectivity index (χ0v) is 19.3. The summed E-state index contributed by atoms with van der Waals surface area (Å²) in [5.41, 5.74) is 0.797. The lowest BCUT2D eigenvalue weighted by Gasteiger charge is -2.18. The number of hydrogen-bond acceptors (Lipinski definition) is 5. The molecule has 0 unspecified atom stereocenters. The van der Waals surface area contributed by atoms with Crippen LogP contribution in [0.4, 0.5) is 4.79 Å². The summed E-state index contributed by atoms with van der Waals surface area (Å²) in [6.45, 7) is 0.111.